The van der Waals surface area contributed by atoms with Crippen LogP contribution in [0.5, 0.6) is 0 Å². The van der Waals surface area contributed by atoms with Gasteiger partial charge < -0.3 is 13.8 Å². The topological polar surface area (TPSA) is 0 Å². The molecule has 0 heterocycles. The van der Waals surface area contributed by atoms with Gasteiger partial charge in [0.1, 0.15) is 0 Å². The number of hydrogen-bond acceptors (Lipinski definition) is 0. The third-order valence-electron chi connectivity index (χ3n) is 1.88. The number of halogens is 1. The fraction of sp³-hybridized carbons (Fsp3) is 0.200. The van der Waals surface area contributed by atoms with Crippen molar-refractivity contribution in [1.29, 1.82) is 0 Å². The number of hydrogen-bond donors (Lipinski definition) is 0. The molecule has 0 aromatic carbocycles. The fourth-order valence-electron chi connectivity index (χ4n) is 1.31. The molecular formula is C10H11ClZr. The van der Waals surface area contributed by atoms with Gasteiger partial charge in [0.25, 0.3) is 0 Å². The van der Waals surface area contributed by atoms with E-state index in [0.29, 0.717) is 0 Å². The molecule has 2 aliphatic carbocycles. The number of rotatable bonds is 2. The average molecular weight is 258 g/mol. The van der Waals surface area contributed by atoms with E-state index in [9.17, 15) is 0 Å². The molecule has 0 aliphatic heterocycles. The van der Waals surface area contributed by atoms with Crippen molar-refractivity contribution in [2.75, 3.05) is 0 Å². The molecule has 0 spiro atoms. The Hall–Kier alpha value is 0.133. The minimum absolute atomic E-state index is 0. The van der Waals surface area contributed by atoms with Gasteiger partial charge in [-0.05, 0) is 0 Å². The molecule has 62 valence electrons. The van der Waals surface area contributed by atoms with E-state index in [0.717, 1.165) is 7.25 Å². The van der Waals surface area contributed by atoms with Crippen molar-refractivity contribution < 1.29 is 37.1 Å². The molecule has 2 rings (SSSR count). The molecule has 12 heavy (non-hydrogen) atoms. The van der Waals surface area contributed by atoms with Crippen LogP contribution in [0, 0.1) is 0 Å². The van der Waals surface area contributed by atoms with Gasteiger partial charge in [-0.15, -0.1) is 0 Å². The van der Waals surface area contributed by atoms with Crippen molar-refractivity contribution in [1.82, 2.24) is 0 Å². The van der Waals surface area contributed by atoms with Crippen LogP contribution in [0.4, 0.5) is 0 Å². The third-order valence-corrected chi connectivity index (χ3v) is 5.67. The van der Waals surface area contributed by atoms with Gasteiger partial charge in [0, 0.05) is 0 Å². The van der Waals surface area contributed by atoms with E-state index in [1.165, 1.54) is 0 Å². The third kappa shape index (κ3) is 2.57. The van der Waals surface area contributed by atoms with Crippen LogP contribution in [0.2, 0.25) is 7.25 Å². The van der Waals surface area contributed by atoms with Gasteiger partial charge in [0.2, 0.25) is 0 Å². The maximum Gasteiger partial charge on any atom is -1.00 e. The summed E-state index contributed by atoms with van der Waals surface area (Å²) in [6, 6.07) is 0. The molecule has 0 nitrogen and oxygen atoms in total. The quantitative estimate of drug-likeness (QED) is 0.654. The van der Waals surface area contributed by atoms with Crippen LogP contribution in [0.1, 0.15) is 1.43 Å². The predicted octanol–water partition coefficient (Wildman–Crippen LogP) is 0.0144. The zero-order valence-electron chi connectivity index (χ0n) is 7.65. The standard InChI is InChI=1S/2C5H5.ClH.Zr.H/c2*1-2-4-5-3-1;;;/h2*1-5H;1H;;/q;;;+2;-1/p-1. The smallest absolute Gasteiger partial charge is 1.00 e. The van der Waals surface area contributed by atoms with Crippen molar-refractivity contribution in [3.05, 3.63) is 48.6 Å². The van der Waals surface area contributed by atoms with Crippen LogP contribution in [0.3, 0.4) is 0 Å². The Labute approximate surface area is 92.6 Å². The first-order chi connectivity index (χ1) is 5.45. The summed E-state index contributed by atoms with van der Waals surface area (Å²) in [6.07, 6.45) is 18.1. The molecule has 2 heteroatoms. The van der Waals surface area contributed by atoms with Crippen LogP contribution in [-0.4, -0.2) is 0 Å². The molecule has 0 saturated carbocycles. The summed E-state index contributed by atoms with van der Waals surface area (Å²) in [5.74, 6) is 0. The molecule has 2 aliphatic rings. The van der Waals surface area contributed by atoms with Crippen molar-refractivity contribution in [2.45, 2.75) is 7.25 Å². The van der Waals surface area contributed by atoms with E-state index in [4.69, 9.17) is 0 Å². The first-order valence-corrected chi connectivity index (χ1v) is 6.75. The van der Waals surface area contributed by atoms with E-state index in [1.807, 2.05) is 0 Å². The summed E-state index contributed by atoms with van der Waals surface area (Å²) in [5, 5.41) is 0. The van der Waals surface area contributed by atoms with Gasteiger partial charge in [-0.25, -0.2) is 0 Å². The summed E-state index contributed by atoms with van der Waals surface area (Å²) in [4.78, 5) is 0. The largest absolute Gasteiger partial charge is 1.00 e. The maximum atomic E-state index is 2.34. The van der Waals surface area contributed by atoms with Crippen molar-refractivity contribution in [3.63, 3.8) is 0 Å². The van der Waals surface area contributed by atoms with Crippen LogP contribution in [0.25, 0.3) is 0 Å². The molecule has 0 atom stereocenters. The van der Waals surface area contributed by atoms with E-state index < -0.39 is 0 Å². The van der Waals surface area contributed by atoms with Crippen molar-refractivity contribution >= 4 is 0 Å². The van der Waals surface area contributed by atoms with Crippen LogP contribution in [-0.2, 0) is 23.2 Å². The Morgan fingerprint density at radius 1 is 0.750 bits per heavy atom. The summed E-state index contributed by atoms with van der Waals surface area (Å²) in [5.41, 5.74) is 0. The van der Waals surface area contributed by atoms with Gasteiger partial charge in [-0.3, -0.25) is 0 Å². The van der Waals surface area contributed by atoms with E-state index in [1.54, 1.807) is 0 Å². The maximum absolute atomic E-state index is 2.34. The SMILES string of the molecule is C1=C[CH]([Zr+2][CH]2C=CC=C2)C=C1.[Cl-].[H-]. The molecule has 0 aromatic heterocycles. The zero-order valence-corrected chi connectivity index (χ0v) is 9.87. The zero-order chi connectivity index (χ0) is 7.52. The van der Waals surface area contributed by atoms with Crippen LogP contribution >= 0.6 is 0 Å². The molecule has 0 unspecified atom stereocenters. The van der Waals surface area contributed by atoms with E-state index in [-0.39, 0.29) is 37.1 Å². The Balaban J connectivity index is 0.000000720. The van der Waals surface area contributed by atoms with Gasteiger partial charge in [0.05, 0.1) is 0 Å². The molecule has 0 radical (unpaired) electrons. The van der Waals surface area contributed by atoms with Gasteiger partial charge in [-0.1, -0.05) is 0 Å². The minimum atomic E-state index is -0.256. The first-order valence-electron chi connectivity index (χ1n) is 3.91. The summed E-state index contributed by atoms with van der Waals surface area (Å²) in [7, 11) is 0. The Kier molecular flexibility index (Phi) is 4.25. The molecule has 0 N–H and O–H groups in total. The molecule has 0 fully saturated rings. The second-order valence-electron chi connectivity index (χ2n) is 2.76. The summed E-state index contributed by atoms with van der Waals surface area (Å²) in [6.45, 7) is 0. The Morgan fingerprint density at radius 3 is 1.42 bits per heavy atom. The molecule has 0 bridgehead atoms. The molecular weight excluding hydrogens is 247 g/mol. The fourth-order valence-corrected chi connectivity index (χ4v) is 4.59. The van der Waals surface area contributed by atoms with Gasteiger partial charge in [0.15, 0.2) is 0 Å². The van der Waals surface area contributed by atoms with Crippen molar-refractivity contribution in [2.24, 2.45) is 0 Å². The monoisotopic (exact) mass is 256 g/mol. The van der Waals surface area contributed by atoms with Gasteiger partial charge >= 0.3 is 79.1 Å². The minimum Gasteiger partial charge on any atom is -1.00 e. The average Bonchev–Trinajstić information content (AvgIpc) is 2.60. The molecule has 0 aromatic rings. The first kappa shape index (κ1) is 10.2. The molecule has 0 saturated heterocycles. The molecule has 0 amide bonds. The Morgan fingerprint density at radius 2 is 1.08 bits per heavy atom. The van der Waals surface area contributed by atoms with Gasteiger partial charge in [-0.2, -0.15) is 0 Å². The van der Waals surface area contributed by atoms with Crippen LogP contribution < -0.4 is 12.4 Å². The Bertz CT molecular complexity index is 206. The van der Waals surface area contributed by atoms with Crippen LogP contribution in [0.15, 0.2) is 48.6 Å². The number of allylic oxidation sites excluding steroid dienone is 8. The van der Waals surface area contributed by atoms with Crippen molar-refractivity contribution in [3.8, 4) is 0 Å². The van der Waals surface area contributed by atoms with E-state index >= 15 is 0 Å². The van der Waals surface area contributed by atoms with E-state index in [2.05, 4.69) is 48.6 Å². The normalized spacial score (nSPS) is 20.0. The second kappa shape index (κ2) is 4.99. The summed E-state index contributed by atoms with van der Waals surface area (Å²) < 4.78 is 1.69. The predicted molar refractivity (Wildman–Crippen MR) is 45.2 cm³/mol. The summed E-state index contributed by atoms with van der Waals surface area (Å²) >= 11 is -0.256. The second-order valence-corrected chi connectivity index (χ2v) is 6.85.